The zero-order valence-electron chi connectivity index (χ0n) is 7.28. The van der Waals surface area contributed by atoms with E-state index in [1.54, 1.807) is 0 Å². The van der Waals surface area contributed by atoms with Gasteiger partial charge in [0.15, 0.2) is 0 Å². The van der Waals surface area contributed by atoms with Crippen molar-refractivity contribution in [3.05, 3.63) is 12.8 Å². The van der Waals surface area contributed by atoms with Gasteiger partial charge in [0.05, 0.1) is 0 Å². The smallest absolute Gasteiger partial charge is 0 e. The molecule has 0 spiro atoms. The molecule has 0 saturated carbocycles. The number of hydrogen-bond donors (Lipinski definition) is 0. The molecule has 0 N–H and O–H groups in total. The van der Waals surface area contributed by atoms with Crippen LogP contribution in [-0.4, -0.2) is 12.2 Å². The normalized spacial score (nSPS) is 36.8. The summed E-state index contributed by atoms with van der Waals surface area (Å²) in [4.78, 5) is 0. The number of ether oxygens (including phenoxy) is 1. The second kappa shape index (κ2) is 7.18. The Morgan fingerprint density at radius 3 is 1.64 bits per heavy atom. The minimum Gasteiger partial charge on any atom is -0.439 e. The maximum absolute atomic E-state index is 5.45. The summed E-state index contributed by atoms with van der Waals surface area (Å²) in [7, 11) is 0. The van der Waals surface area contributed by atoms with Gasteiger partial charge in [-0.2, -0.15) is 0 Å². The van der Waals surface area contributed by atoms with Crippen LogP contribution >= 0.6 is 0 Å². The second-order valence-corrected chi connectivity index (χ2v) is 2.79. The van der Waals surface area contributed by atoms with Crippen molar-refractivity contribution in [3.8, 4) is 0 Å². The Morgan fingerprint density at radius 2 is 1.36 bits per heavy atom. The molecule has 3 heteroatoms. The molecule has 1 nitrogen and oxygen atoms in total. The van der Waals surface area contributed by atoms with Crippen LogP contribution in [0.1, 0.15) is 20.8 Å². The summed E-state index contributed by atoms with van der Waals surface area (Å²) in [5.41, 5.74) is 0. The first-order valence-electron chi connectivity index (χ1n) is 3.54. The van der Waals surface area contributed by atoms with Crippen molar-refractivity contribution >= 4 is 0 Å². The zero-order valence-corrected chi connectivity index (χ0v) is 13.1. The Morgan fingerprint density at radius 1 is 1.00 bits per heavy atom. The van der Waals surface area contributed by atoms with Crippen LogP contribution in [0.5, 0.6) is 0 Å². The molecule has 1 aliphatic rings. The average Bonchev–Trinajstić information content (AvgIpc) is 1.59. The molecule has 1 aliphatic heterocycles. The molecule has 63 valence electrons. The molecule has 1 fully saturated rings. The third-order valence-corrected chi connectivity index (χ3v) is 1.58. The quantitative estimate of drug-likeness (QED) is 0.566. The van der Waals surface area contributed by atoms with E-state index in [4.69, 9.17) is 4.74 Å². The molecule has 3 atom stereocenters. The summed E-state index contributed by atoms with van der Waals surface area (Å²) in [6.07, 6.45) is 5.08. The molecule has 0 aromatic rings. The van der Waals surface area contributed by atoms with Gasteiger partial charge in [-0.25, -0.2) is 0 Å². The molecule has 1 saturated heterocycles. The second-order valence-electron chi connectivity index (χ2n) is 2.79. The molecule has 0 aliphatic carbocycles. The predicted molar refractivity (Wildman–Crippen MR) is 37.8 cm³/mol. The summed E-state index contributed by atoms with van der Waals surface area (Å²) in [5.74, 6) is 0.615. The van der Waals surface area contributed by atoms with Gasteiger partial charge < -0.3 is 17.6 Å². The molecule has 0 amide bonds. The predicted octanol–water partition coefficient (Wildman–Crippen LogP) is 1.83. The van der Waals surface area contributed by atoms with Gasteiger partial charge in [0, 0.05) is 53.8 Å². The Balaban J connectivity index is 0. The third kappa shape index (κ3) is 5.91. The molecule has 0 aromatic heterocycles. The number of rotatable bonds is 0. The first-order valence-corrected chi connectivity index (χ1v) is 3.54. The standard InChI is InChI=1S/C8H14O.W.Y/c1-6-4-7(2)9-8(3)5-6;;/h4-8H,1-3H3;;/q-2;;/t6?,7-,8?;;/m0../s1. The van der Waals surface area contributed by atoms with Crippen LogP contribution in [0.25, 0.3) is 0 Å². The van der Waals surface area contributed by atoms with Crippen LogP contribution < -0.4 is 0 Å². The molecule has 11 heavy (non-hydrogen) atoms. The van der Waals surface area contributed by atoms with E-state index >= 15 is 0 Å². The molecule has 1 heterocycles. The summed E-state index contributed by atoms with van der Waals surface area (Å²) in [6.45, 7) is 6.36. The van der Waals surface area contributed by atoms with E-state index in [2.05, 4.69) is 33.6 Å². The molecular weight excluding hydrogens is 385 g/mol. The molecule has 2 unspecified atom stereocenters. The van der Waals surface area contributed by atoms with Gasteiger partial charge in [0.2, 0.25) is 0 Å². The van der Waals surface area contributed by atoms with Crippen molar-refractivity contribution in [2.45, 2.75) is 33.0 Å². The van der Waals surface area contributed by atoms with Crippen molar-refractivity contribution in [1.82, 2.24) is 0 Å². The van der Waals surface area contributed by atoms with E-state index in [9.17, 15) is 0 Å². The zero-order chi connectivity index (χ0) is 6.85. The molecule has 0 bridgehead atoms. The maximum Gasteiger partial charge on any atom is 0 e. The van der Waals surface area contributed by atoms with E-state index < -0.39 is 0 Å². The van der Waals surface area contributed by atoms with Gasteiger partial charge in [0.25, 0.3) is 0 Å². The van der Waals surface area contributed by atoms with Gasteiger partial charge in [0.1, 0.15) is 0 Å². The topological polar surface area (TPSA) is 9.23 Å². The first kappa shape index (κ1) is 15.2. The van der Waals surface area contributed by atoms with Gasteiger partial charge >= 0.3 is 0 Å². The summed E-state index contributed by atoms with van der Waals surface area (Å²) in [6, 6.07) is 0. The van der Waals surface area contributed by atoms with Crippen LogP contribution in [0.15, 0.2) is 0 Å². The van der Waals surface area contributed by atoms with Gasteiger partial charge in [-0.15, -0.1) is 6.92 Å². The van der Waals surface area contributed by atoms with Crippen molar-refractivity contribution in [1.29, 1.82) is 0 Å². The van der Waals surface area contributed by atoms with Crippen LogP contribution in [0.2, 0.25) is 0 Å². The maximum atomic E-state index is 5.45. The molecule has 1 radical (unpaired) electrons. The van der Waals surface area contributed by atoms with Gasteiger partial charge in [-0.3, -0.25) is 5.92 Å². The van der Waals surface area contributed by atoms with Gasteiger partial charge in [-0.05, 0) is 0 Å². The summed E-state index contributed by atoms with van der Waals surface area (Å²) >= 11 is 0. The van der Waals surface area contributed by atoms with Gasteiger partial charge in [-0.1, -0.05) is 26.1 Å². The fourth-order valence-electron chi connectivity index (χ4n) is 1.35. The Bertz CT molecular complexity index is 75.1. The van der Waals surface area contributed by atoms with Crippen LogP contribution in [-0.2, 0) is 58.5 Å². The van der Waals surface area contributed by atoms with E-state index in [0.29, 0.717) is 18.1 Å². The molecule has 1 rings (SSSR count). The van der Waals surface area contributed by atoms with Crippen LogP contribution in [0.3, 0.4) is 0 Å². The minimum absolute atomic E-state index is 0. The average molecular weight is 399 g/mol. The molecular formula is C8H14OWY-2. The summed E-state index contributed by atoms with van der Waals surface area (Å²) < 4.78 is 5.45. The summed E-state index contributed by atoms with van der Waals surface area (Å²) in [5, 5.41) is 0. The van der Waals surface area contributed by atoms with E-state index in [1.807, 2.05) is 0 Å². The Labute approximate surface area is 109 Å². The fraction of sp³-hybridized carbons (Fsp3) is 0.750. The van der Waals surface area contributed by atoms with Crippen LogP contribution in [0, 0.1) is 18.8 Å². The monoisotopic (exact) mass is 399 g/mol. The Hall–Kier alpha value is 1.75. The first-order chi connectivity index (χ1) is 4.18. The van der Waals surface area contributed by atoms with E-state index in [-0.39, 0.29) is 53.8 Å². The SMILES string of the molecule is CC1[CH-]C(C)O[C@@H](C)[CH-]1.[W].[Y]. The van der Waals surface area contributed by atoms with Crippen LogP contribution in [0.4, 0.5) is 0 Å². The van der Waals surface area contributed by atoms with E-state index in [0.717, 1.165) is 0 Å². The van der Waals surface area contributed by atoms with Crippen molar-refractivity contribution in [2.75, 3.05) is 0 Å². The Kier molecular flexibility index (Phi) is 9.95. The molecule has 0 aromatic carbocycles. The number of hydrogen-bond acceptors (Lipinski definition) is 1. The fourth-order valence-corrected chi connectivity index (χ4v) is 1.35. The minimum atomic E-state index is 0. The van der Waals surface area contributed by atoms with Crippen molar-refractivity contribution < 1.29 is 58.5 Å². The van der Waals surface area contributed by atoms with E-state index in [1.165, 1.54) is 0 Å². The van der Waals surface area contributed by atoms with Crippen molar-refractivity contribution in [3.63, 3.8) is 0 Å². The largest absolute Gasteiger partial charge is 0.439 e. The third-order valence-electron chi connectivity index (χ3n) is 1.58. The van der Waals surface area contributed by atoms with Crippen molar-refractivity contribution in [2.24, 2.45) is 5.92 Å².